The Morgan fingerprint density at radius 2 is 2.05 bits per heavy atom. The first-order chi connectivity index (χ1) is 9.88. The monoisotopic (exact) mass is 276 g/mol. The van der Waals surface area contributed by atoms with E-state index in [9.17, 15) is 0 Å². The minimum atomic E-state index is 0.730. The van der Waals surface area contributed by atoms with Crippen LogP contribution in [0.1, 0.15) is 38.2 Å². The second kappa shape index (κ2) is 8.98. The van der Waals surface area contributed by atoms with Gasteiger partial charge >= 0.3 is 0 Å². The largest absolute Gasteiger partial charge is 0.494 e. The van der Waals surface area contributed by atoms with Crippen LogP contribution in [0.15, 0.2) is 24.3 Å². The molecule has 1 fully saturated rings. The van der Waals surface area contributed by atoms with Crippen LogP contribution in [-0.2, 0) is 6.54 Å². The standard InChI is InChI=1S/C17H28N2O/c1-2-20-17-9-7-8-16(14-17)15-18-10-3-4-11-19-12-5-6-13-19/h7-9,14,18H,2-6,10-13,15H2,1H3. The van der Waals surface area contributed by atoms with Crippen LogP contribution >= 0.6 is 0 Å². The molecule has 0 unspecified atom stereocenters. The number of ether oxygens (including phenoxy) is 1. The van der Waals surface area contributed by atoms with Crippen molar-refractivity contribution in [3.8, 4) is 5.75 Å². The minimum Gasteiger partial charge on any atom is -0.494 e. The van der Waals surface area contributed by atoms with Crippen LogP contribution in [-0.4, -0.2) is 37.7 Å². The molecule has 0 spiro atoms. The maximum absolute atomic E-state index is 5.52. The highest BCUT2D eigenvalue weighted by Gasteiger charge is 2.09. The van der Waals surface area contributed by atoms with Crippen molar-refractivity contribution in [1.82, 2.24) is 10.2 Å². The first-order valence-corrected chi connectivity index (χ1v) is 8.03. The molecule has 1 aliphatic heterocycles. The highest BCUT2D eigenvalue weighted by molar-refractivity contribution is 5.28. The summed E-state index contributed by atoms with van der Waals surface area (Å²) in [5.41, 5.74) is 1.30. The maximum Gasteiger partial charge on any atom is 0.119 e. The minimum absolute atomic E-state index is 0.730. The van der Waals surface area contributed by atoms with Gasteiger partial charge in [0.1, 0.15) is 5.75 Å². The molecule has 1 aliphatic rings. The molecule has 1 aromatic carbocycles. The molecule has 0 aliphatic carbocycles. The van der Waals surface area contributed by atoms with Gasteiger partial charge in [-0.3, -0.25) is 0 Å². The second-order valence-corrected chi connectivity index (χ2v) is 5.51. The summed E-state index contributed by atoms with van der Waals surface area (Å²) in [7, 11) is 0. The van der Waals surface area contributed by atoms with E-state index in [1.807, 2.05) is 13.0 Å². The zero-order valence-corrected chi connectivity index (χ0v) is 12.7. The van der Waals surface area contributed by atoms with Gasteiger partial charge in [0.25, 0.3) is 0 Å². The summed E-state index contributed by atoms with van der Waals surface area (Å²) >= 11 is 0. The Morgan fingerprint density at radius 3 is 2.85 bits per heavy atom. The van der Waals surface area contributed by atoms with E-state index in [-0.39, 0.29) is 0 Å². The molecule has 0 radical (unpaired) electrons. The van der Waals surface area contributed by atoms with Gasteiger partial charge < -0.3 is 15.0 Å². The van der Waals surface area contributed by atoms with Crippen molar-refractivity contribution in [2.45, 2.75) is 39.2 Å². The number of rotatable bonds is 9. The third-order valence-corrected chi connectivity index (χ3v) is 3.82. The predicted octanol–water partition coefficient (Wildman–Crippen LogP) is 3.05. The Morgan fingerprint density at radius 1 is 1.20 bits per heavy atom. The van der Waals surface area contributed by atoms with Crippen molar-refractivity contribution in [2.24, 2.45) is 0 Å². The lowest BCUT2D eigenvalue weighted by Crippen LogP contribution is -2.22. The summed E-state index contributed by atoms with van der Waals surface area (Å²) in [4.78, 5) is 2.59. The average molecular weight is 276 g/mol. The molecule has 0 saturated carbocycles. The van der Waals surface area contributed by atoms with E-state index >= 15 is 0 Å². The Bertz CT molecular complexity index is 375. The van der Waals surface area contributed by atoms with Crippen molar-refractivity contribution in [3.05, 3.63) is 29.8 Å². The quantitative estimate of drug-likeness (QED) is 0.702. The van der Waals surface area contributed by atoms with Gasteiger partial charge in [0.15, 0.2) is 0 Å². The number of nitrogens with one attached hydrogen (secondary N) is 1. The highest BCUT2D eigenvalue weighted by Crippen LogP contribution is 2.13. The van der Waals surface area contributed by atoms with Gasteiger partial charge in [0.05, 0.1) is 6.61 Å². The van der Waals surface area contributed by atoms with Crippen LogP contribution in [0, 0.1) is 0 Å². The van der Waals surface area contributed by atoms with Crippen molar-refractivity contribution in [1.29, 1.82) is 0 Å². The van der Waals surface area contributed by atoms with E-state index in [1.165, 1.54) is 50.9 Å². The fourth-order valence-corrected chi connectivity index (χ4v) is 2.74. The molecular weight excluding hydrogens is 248 g/mol. The average Bonchev–Trinajstić information content (AvgIpc) is 2.97. The summed E-state index contributed by atoms with van der Waals surface area (Å²) < 4.78 is 5.52. The van der Waals surface area contributed by atoms with Gasteiger partial charge in [0.2, 0.25) is 0 Å². The van der Waals surface area contributed by atoms with Crippen LogP contribution in [0.2, 0.25) is 0 Å². The first-order valence-electron chi connectivity index (χ1n) is 8.03. The van der Waals surface area contributed by atoms with Gasteiger partial charge in [0, 0.05) is 6.54 Å². The molecule has 0 bridgehead atoms. The Balaban J connectivity index is 1.54. The molecule has 0 aromatic heterocycles. The first kappa shape index (κ1) is 15.3. The lowest BCUT2D eigenvalue weighted by Gasteiger charge is -2.14. The summed E-state index contributed by atoms with van der Waals surface area (Å²) in [6.45, 7) is 8.70. The number of benzene rings is 1. The van der Waals surface area contributed by atoms with Crippen LogP contribution in [0.25, 0.3) is 0 Å². The molecule has 0 amide bonds. The lowest BCUT2D eigenvalue weighted by atomic mass is 10.2. The molecule has 1 aromatic rings. The van der Waals surface area contributed by atoms with E-state index in [1.54, 1.807) is 0 Å². The Labute approximate surface area is 123 Å². The zero-order valence-electron chi connectivity index (χ0n) is 12.7. The number of likely N-dealkylation sites (tertiary alicyclic amines) is 1. The molecule has 2 rings (SSSR count). The summed E-state index contributed by atoms with van der Waals surface area (Å²) in [6, 6.07) is 8.36. The van der Waals surface area contributed by atoms with Crippen molar-refractivity contribution >= 4 is 0 Å². The summed E-state index contributed by atoms with van der Waals surface area (Å²) in [6.07, 6.45) is 5.37. The summed E-state index contributed by atoms with van der Waals surface area (Å²) in [5, 5.41) is 3.52. The second-order valence-electron chi connectivity index (χ2n) is 5.51. The van der Waals surface area contributed by atoms with Crippen LogP contribution in [0.3, 0.4) is 0 Å². The normalized spacial score (nSPS) is 15.7. The molecule has 0 atom stereocenters. The highest BCUT2D eigenvalue weighted by atomic mass is 16.5. The van der Waals surface area contributed by atoms with Gasteiger partial charge in [-0.25, -0.2) is 0 Å². The Kier molecular flexibility index (Phi) is 6.89. The van der Waals surface area contributed by atoms with E-state index in [0.717, 1.165) is 25.4 Å². The molecule has 20 heavy (non-hydrogen) atoms. The predicted molar refractivity (Wildman–Crippen MR) is 84.2 cm³/mol. The lowest BCUT2D eigenvalue weighted by molar-refractivity contribution is 0.329. The molecule has 1 N–H and O–H groups in total. The van der Waals surface area contributed by atoms with E-state index in [0.29, 0.717) is 0 Å². The number of hydrogen-bond acceptors (Lipinski definition) is 3. The van der Waals surface area contributed by atoms with Gasteiger partial charge in [-0.15, -0.1) is 0 Å². The van der Waals surface area contributed by atoms with E-state index < -0.39 is 0 Å². The van der Waals surface area contributed by atoms with Crippen molar-refractivity contribution in [3.63, 3.8) is 0 Å². The summed E-state index contributed by atoms with van der Waals surface area (Å²) in [5.74, 6) is 0.973. The zero-order chi connectivity index (χ0) is 14.0. The molecular formula is C17H28N2O. The number of unbranched alkanes of at least 4 members (excludes halogenated alkanes) is 1. The maximum atomic E-state index is 5.52. The topological polar surface area (TPSA) is 24.5 Å². The van der Waals surface area contributed by atoms with E-state index in [4.69, 9.17) is 4.74 Å². The van der Waals surface area contributed by atoms with Gasteiger partial charge in [-0.05, 0) is 76.5 Å². The molecule has 1 saturated heterocycles. The molecule has 112 valence electrons. The number of nitrogens with zero attached hydrogens (tertiary/aromatic N) is 1. The van der Waals surface area contributed by atoms with E-state index in [2.05, 4.69) is 28.4 Å². The third-order valence-electron chi connectivity index (χ3n) is 3.82. The van der Waals surface area contributed by atoms with Crippen LogP contribution in [0.5, 0.6) is 5.75 Å². The fraction of sp³-hybridized carbons (Fsp3) is 0.647. The third kappa shape index (κ3) is 5.51. The molecule has 1 heterocycles. The number of hydrogen-bond donors (Lipinski definition) is 1. The van der Waals surface area contributed by atoms with Gasteiger partial charge in [-0.2, -0.15) is 0 Å². The van der Waals surface area contributed by atoms with Crippen LogP contribution < -0.4 is 10.1 Å². The molecule has 3 nitrogen and oxygen atoms in total. The van der Waals surface area contributed by atoms with Crippen LogP contribution in [0.4, 0.5) is 0 Å². The Hall–Kier alpha value is -1.06. The fourth-order valence-electron chi connectivity index (χ4n) is 2.74. The smallest absolute Gasteiger partial charge is 0.119 e. The van der Waals surface area contributed by atoms with Crippen molar-refractivity contribution in [2.75, 3.05) is 32.8 Å². The molecule has 3 heteroatoms. The van der Waals surface area contributed by atoms with Crippen molar-refractivity contribution < 1.29 is 4.74 Å². The SMILES string of the molecule is CCOc1cccc(CNCCCCN2CCCC2)c1. The van der Waals surface area contributed by atoms with Gasteiger partial charge in [-0.1, -0.05) is 12.1 Å².